The van der Waals surface area contributed by atoms with Gasteiger partial charge in [0.05, 0.1) is 5.56 Å². The van der Waals surface area contributed by atoms with Gasteiger partial charge in [-0.25, -0.2) is 0 Å². The highest BCUT2D eigenvalue weighted by atomic mass is 16.1. The van der Waals surface area contributed by atoms with Gasteiger partial charge in [-0.1, -0.05) is 30.3 Å². The van der Waals surface area contributed by atoms with Crippen LogP contribution in [0.25, 0.3) is 10.9 Å². The van der Waals surface area contributed by atoms with E-state index in [-0.39, 0.29) is 5.91 Å². The molecule has 29 heavy (non-hydrogen) atoms. The lowest BCUT2D eigenvalue weighted by Crippen LogP contribution is -2.56. The number of hydrogen-bond acceptors (Lipinski definition) is 4. The second-order valence-corrected chi connectivity index (χ2v) is 8.10. The second-order valence-electron chi connectivity index (χ2n) is 8.10. The van der Waals surface area contributed by atoms with Crippen molar-refractivity contribution >= 4 is 22.5 Å². The van der Waals surface area contributed by atoms with E-state index in [1.165, 1.54) is 22.2 Å². The predicted molar refractivity (Wildman–Crippen MR) is 116 cm³/mol. The van der Waals surface area contributed by atoms with Gasteiger partial charge in [0.25, 0.3) is 5.91 Å². The lowest BCUT2D eigenvalue weighted by atomic mass is 9.95. The molecule has 150 valence electrons. The number of H-pyrrole nitrogens is 1. The Balaban J connectivity index is 1.19. The molecule has 2 aliphatic rings. The van der Waals surface area contributed by atoms with E-state index in [4.69, 9.17) is 5.73 Å². The standard InChI is InChI=1S/C23H27N5O/c24-20-7-3-1-6-18(20)23(29)25-9-10-27-11-12-28-15-22-19(13-16(28)14-27)17-5-2-4-8-21(17)26-22/h1-8,16,26H,9-15,24H2,(H,25,29). The third-order valence-electron chi connectivity index (χ3n) is 6.31. The molecule has 0 saturated carbocycles. The quantitative estimate of drug-likeness (QED) is 0.598. The minimum absolute atomic E-state index is 0.0946. The highest BCUT2D eigenvalue weighted by molar-refractivity contribution is 5.99. The smallest absolute Gasteiger partial charge is 0.253 e. The van der Waals surface area contributed by atoms with E-state index in [0.717, 1.165) is 39.1 Å². The van der Waals surface area contributed by atoms with E-state index in [2.05, 4.69) is 44.4 Å². The van der Waals surface area contributed by atoms with E-state index in [1.54, 1.807) is 12.1 Å². The molecule has 2 aromatic carbocycles. The number of benzene rings is 2. The van der Waals surface area contributed by atoms with Crippen molar-refractivity contribution in [2.24, 2.45) is 0 Å². The molecular weight excluding hydrogens is 362 g/mol. The van der Waals surface area contributed by atoms with Gasteiger partial charge in [-0.2, -0.15) is 0 Å². The molecular formula is C23H27N5O. The fourth-order valence-corrected chi connectivity index (χ4v) is 4.75. The lowest BCUT2D eigenvalue weighted by molar-refractivity contribution is 0.0600. The Morgan fingerprint density at radius 3 is 2.86 bits per heavy atom. The normalized spacial score (nSPS) is 19.7. The summed E-state index contributed by atoms with van der Waals surface area (Å²) in [5.41, 5.74) is 11.1. The summed E-state index contributed by atoms with van der Waals surface area (Å²) in [6, 6.07) is 16.4. The second kappa shape index (κ2) is 7.54. The summed E-state index contributed by atoms with van der Waals surface area (Å²) in [4.78, 5) is 21.0. The van der Waals surface area contributed by atoms with Crippen LogP contribution in [-0.2, 0) is 13.0 Å². The molecule has 5 rings (SSSR count). The number of rotatable bonds is 4. The Labute approximate surface area is 170 Å². The third-order valence-corrected chi connectivity index (χ3v) is 6.31. The van der Waals surface area contributed by atoms with Crippen LogP contribution in [0, 0.1) is 0 Å². The minimum Gasteiger partial charge on any atom is -0.398 e. The molecule has 3 heterocycles. The fraction of sp³-hybridized carbons (Fsp3) is 0.348. The number of carbonyl (C=O) groups excluding carboxylic acids is 1. The lowest BCUT2D eigenvalue weighted by Gasteiger charge is -2.44. The predicted octanol–water partition coefficient (Wildman–Crippen LogP) is 2.22. The zero-order valence-corrected chi connectivity index (χ0v) is 16.5. The number of piperazine rings is 1. The Hall–Kier alpha value is -2.83. The first kappa shape index (κ1) is 18.2. The van der Waals surface area contributed by atoms with Gasteiger partial charge in [-0.05, 0) is 30.2 Å². The van der Waals surface area contributed by atoms with Gasteiger partial charge in [-0.15, -0.1) is 0 Å². The summed E-state index contributed by atoms with van der Waals surface area (Å²) in [5, 5.41) is 4.38. The summed E-state index contributed by atoms with van der Waals surface area (Å²) < 4.78 is 0. The van der Waals surface area contributed by atoms with Gasteiger partial charge in [0.15, 0.2) is 0 Å². The van der Waals surface area contributed by atoms with Crippen LogP contribution in [0.1, 0.15) is 21.6 Å². The number of hydrogen-bond donors (Lipinski definition) is 3. The summed E-state index contributed by atoms with van der Waals surface area (Å²) in [7, 11) is 0. The van der Waals surface area contributed by atoms with Crippen LogP contribution in [0.5, 0.6) is 0 Å². The molecule has 6 heteroatoms. The molecule has 1 saturated heterocycles. The van der Waals surface area contributed by atoms with E-state index in [1.807, 2.05) is 12.1 Å². The Kier molecular flexibility index (Phi) is 4.73. The number of anilines is 1. The average Bonchev–Trinajstić information content (AvgIpc) is 3.09. The van der Waals surface area contributed by atoms with E-state index < -0.39 is 0 Å². The number of carbonyl (C=O) groups is 1. The maximum absolute atomic E-state index is 12.3. The summed E-state index contributed by atoms with van der Waals surface area (Å²) in [6.07, 6.45) is 1.09. The first-order chi connectivity index (χ1) is 14.2. The SMILES string of the molecule is Nc1ccccc1C(=O)NCCN1CCN2Cc3[nH]c4ccccc4c3CC2C1. The van der Waals surface area contributed by atoms with Gasteiger partial charge in [0.2, 0.25) is 0 Å². The van der Waals surface area contributed by atoms with Crippen LogP contribution in [0.3, 0.4) is 0 Å². The number of aromatic nitrogens is 1. The molecule has 1 atom stereocenters. The zero-order chi connectivity index (χ0) is 19.8. The minimum atomic E-state index is -0.0946. The van der Waals surface area contributed by atoms with E-state index in [0.29, 0.717) is 23.8 Å². The van der Waals surface area contributed by atoms with Gasteiger partial charge >= 0.3 is 0 Å². The molecule has 0 spiro atoms. The number of fused-ring (bicyclic) bond motifs is 4. The zero-order valence-electron chi connectivity index (χ0n) is 16.5. The van der Waals surface area contributed by atoms with Gasteiger partial charge in [0, 0.05) is 67.6 Å². The van der Waals surface area contributed by atoms with Crippen molar-refractivity contribution in [2.45, 2.75) is 19.0 Å². The fourth-order valence-electron chi connectivity index (χ4n) is 4.75. The summed E-state index contributed by atoms with van der Waals surface area (Å²) in [6.45, 7) is 5.66. The van der Waals surface area contributed by atoms with Crippen molar-refractivity contribution in [3.8, 4) is 0 Å². The van der Waals surface area contributed by atoms with Crippen LogP contribution in [0.2, 0.25) is 0 Å². The summed E-state index contributed by atoms with van der Waals surface area (Å²) >= 11 is 0. The van der Waals surface area contributed by atoms with E-state index in [9.17, 15) is 4.79 Å². The number of nitrogen functional groups attached to an aromatic ring is 1. The number of para-hydroxylation sites is 2. The highest BCUT2D eigenvalue weighted by Gasteiger charge is 2.33. The molecule has 1 aromatic heterocycles. The first-order valence-electron chi connectivity index (χ1n) is 10.4. The molecule has 4 N–H and O–H groups in total. The van der Waals surface area contributed by atoms with Crippen LogP contribution >= 0.6 is 0 Å². The largest absolute Gasteiger partial charge is 0.398 e. The Morgan fingerprint density at radius 1 is 1.14 bits per heavy atom. The topological polar surface area (TPSA) is 77.4 Å². The van der Waals surface area contributed by atoms with Crippen molar-refractivity contribution in [3.05, 3.63) is 65.4 Å². The number of amides is 1. The molecule has 1 amide bonds. The van der Waals surface area contributed by atoms with Crippen LogP contribution in [-0.4, -0.2) is 59.5 Å². The maximum Gasteiger partial charge on any atom is 0.253 e. The molecule has 0 radical (unpaired) electrons. The molecule has 6 nitrogen and oxygen atoms in total. The number of nitrogens with one attached hydrogen (secondary N) is 2. The van der Waals surface area contributed by atoms with Gasteiger partial charge in [-0.3, -0.25) is 14.6 Å². The number of nitrogens with two attached hydrogens (primary N) is 1. The monoisotopic (exact) mass is 389 g/mol. The van der Waals surface area contributed by atoms with E-state index >= 15 is 0 Å². The highest BCUT2D eigenvalue weighted by Crippen LogP contribution is 2.31. The maximum atomic E-state index is 12.3. The van der Waals surface area contributed by atoms with Crippen molar-refractivity contribution in [2.75, 3.05) is 38.5 Å². The Bertz CT molecular complexity index is 1040. The van der Waals surface area contributed by atoms with Crippen molar-refractivity contribution in [3.63, 3.8) is 0 Å². The summed E-state index contributed by atoms with van der Waals surface area (Å²) in [5.74, 6) is -0.0946. The number of aromatic amines is 1. The molecule has 1 unspecified atom stereocenters. The van der Waals surface area contributed by atoms with Crippen LogP contribution in [0.15, 0.2) is 48.5 Å². The Morgan fingerprint density at radius 2 is 1.97 bits per heavy atom. The molecule has 0 bridgehead atoms. The first-order valence-corrected chi connectivity index (χ1v) is 10.4. The number of nitrogens with zero attached hydrogens (tertiary/aromatic N) is 2. The van der Waals surface area contributed by atoms with Crippen LogP contribution < -0.4 is 11.1 Å². The van der Waals surface area contributed by atoms with Gasteiger partial charge in [0.1, 0.15) is 0 Å². The average molecular weight is 390 g/mol. The third kappa shape index (κ3) is 3.50. The molecule has 2 aliphatic heterocycles. The molecule has 0 aliphatic carbocycles. The van der Waals surface area contributed by atoms with Crippen molar-refractivity contribution in [1.82, 2.24) is 20.1 Å². The molecule has 3 aromatic rings. The van der Waals surface area contributed by atoms with Crippen LogP contribution in [0.4, 0.5) is 5.69 Å². The van der Waals surface area contributed by atoms with Crippen molar-refractivity contribution < 1.29 is 4.79 Å². The van der Waals surface area contributed by atoms with Crippen molar-refractivity contribution in [1.29, 1.82) is 0 Å². The molecule has 1 fully saturated rings. The van der Waals surface area contributed by atoms with Gasteiger partial charge < -0.3 is 16.0 Å².